The fourth-order valence-corrected chi connectivity index (χ4v) is 3.09. The second-order valence-electron chi connectivity index (χ2n) is 6.39. The van der Waals surface area contributed by atoms with Crippen LogP contribution in [-0.2, 0) is 19.1 Å². The van der Waals surface area contributed by atoms with Gasteiger partial charge in [0.15, 0.2) is 11.7 Å². The van der Waals surface area contributed by atoms with E-state index in [0.717, 1.165) is 5.56 Å². The Hall–Kier alpha value is -2.95. The molecule has 5 heteroatoms. The molecule has 0 fully saturated rings. The lowest BCUT2D eigenvalue weighted by atomic mass is 9.84. The monoisotopic (exact) mass is 382 g/mol. The van der Waals surface area contributed by atoms with E-state index in [9.17, 15) is 14.4 Å². The van der Waals surface area contributed by atoms with Crippen molar-refractivity contribution in [3.05, 3.63) is 71.8 Å². The minimum Gasteiger partial charge on any atom is -0.465 e. The Balaban J connectivity index is 2.27. The van der Waals surface area contributed by atoms with Crippen molar-refractivity contribution in [2.24, 2.45) is 5.92 Å². The molecule has 0 radical (unpaired) electrons. The van der Waals surface area contributed by atoms with E-state index in [0.29, 0.717) is 5.56 Å². The summed E-state index contributed by atoms with van der Waals surface area (Å²) in [5, 5.41) is 0. The van der Waals surface area contributed by atoms with E-state index in [-0.39, 0.29) is 37.8 Å². The van der Waals surface area contributed by atoms with Gasteiger partial charge in [0, 0.05) is 12.0 Å². The summed E-state index contributed by atoms with van der Waals surface area (Å²) in [4.78, 5) is 37.5. The average Bonchev–Trinajstić information content (AvgIpc) is 2.72. The Labute approximate surface area is 165 Å². The maximum Gasteiger partial charge on any atom is 0.320 e. The first-order valence-electron chi connectivity index (χ1n) is 9.53. The van der Waals surface area contributed by atoms with Crippen LogP contribution in [0.2, 0.25) is 0 Å². The molecule has 1 atom stereocenters. The first-order chi connectivity index (χ1) is 13.6. The van der Waals surface area contributed by atoms with Crippen LogP contribution in [0.4, 0.5) is 0 Å². The number of ketones is 1. The molecular formula is C23H26O5. The molecule has 1 unspecified atom stereocenters. The molecule has 0 amide bonds. The van der Waals surface area contributed by atoms with Gasteiger partial charge in [0.25, 0.3) is 0 Å². The highest BCUT2D eigenvalue weighted by atomic mass is 16.6. The van der Waals surface area contributed by atoms with Crippen LogP contribution in [0.3, 0.4) is 0 Å². The largest absolute Gasteiger partial charge is 0.465 e. The van der Waals surface area contributed by atoms with Crippen LogP contribution in [-0.4, -0.2) is 30.9 Å². The summed E-state index contributed by atoms with van der Waals surface area (Å²) < 4.78 is 10.1. The molecule has 148 valence electrons. The fourth-order valence-electron chi connectivity index (χ4n) is 3.09. The second kappa shape index (κ2) is 11.0. The van der Waals surface area contributed by atoms with Gasteiger partial charge in [0.1, 0.15) is 0 Å². The summed E-state index contributed by atoms with van der Waals surface area (Å²) in [6.07, 6.45) is 0.337. The molecule has 0 aliphatic heterocycles. The topological polar surface area (TPSA) is 69.7 Å². The van der Waals surface area contributed by atoms with E-state index in [1.165, 1.54) is 0 Å². The van der Waals surface area contributed by atoms with Crippen LogP contribution in [0.15, 0.2) is 60.7 Å². The summed E-state index contributed by atoms with van der Waals surface area (Å²) >= 11 is 0. The number of hydrogen-bond donors (Lipinski definition) is 0. The van der Waals surface area contributed by atoms with E-state index in [2.05, 4.69) is 0 Å². The minimum atomic E-state index is -1.06. The summed E-state index contributed by atoms with van der Waals surface area (Å²) in [6.45, 7) is 3.73. The van der Waals surface area contributed by atoms with E-state index in [4.69, 9.17) is 9.47 Å². The van der Waals surface area contributed by atoms with Crippen molar-refractivity contribution in [2.45, 2.75) is 32.6 Å². The van der Waals surface area contributed by atoms with E-state index in [1.807, 2.05) is 48.5 Å². The molecule has 0 saturated heterocycles. The molecule has 0 aliphatic rings. The van der Waals surface area contributed by atoms with Crippen molar-refractivity contribution >= 4 is 17.7 Å². The van der Waals surface area contributed by atoms with Crippen LogP contribution >= 0.6 is 0 Å². The van der Waals surface area contributed by atoms with Gasteiger partial charge < -0.3 is 9.47 Å². The van der Waals surface area contributed by atoms with Crippen molar-refractivity contribution in [1.82, 2.24) is 0 Å². The molecule has 0 N–H and O–H groups in total. The second-order valence-corrected chi connectivity index (χ2v) is 6.39. The van der Waals surface area contributed by atoms with Gasteiger partial charge in [0.2, 0.25) is 0 Å². The Morgan fingerprint density at radius 3 is 1.79 bits per heavy atom. The molecule has 2 aromatic rings. The van der Waals surface area contributed by atoms with Crippen LogP contribution in [0.1, 0.15) is 48.5 Å². The number of benzene rings is 2. The zero-order chi connectivity index (χ0) is 20.4. The Kier molecular flexibility index (Phi) is 8.40. The number of ether oxygens (including phenoxy) is 2. The SMILES string of the molecule is CCOC(=O)C(CC(CC(=O)c1ccccc1)c1ccccc1)C(=O)OCC. The van der Waals surface area contributed by atoms with Gasteiger partial charge in [-0.25, -0.2) is 0 Å². The molecule has 2 rings (SSSR count). The van der Waals surface area contributed by atoms with Gasteiger partial charge in [-0.1, -0.05) is 60.7 Å². The van der Waals surface area contributed by atoms with Crippen molar-refractivity contribution < 1.29 is 23.9 Å². The third kappa shape index (κ3) is 6.05. The van der Waals surface area contributed by atoms with Gasteiger partial charge in [-0.3, -0.25) is 14.4 Å². The van der Waals surface area contributed by atoms with Crippen LogP contribution in [0, 0.1) is 5.92 Å². The molecule has 0 aromatic heterocycles. The predicted molar refractivity (Wildman–Crippen MR) is 106 cm³/mol. The minimum absolute atomic E-state index is 0.0408. The van der Waals surface area contributed by atoms with E-state index in [1.54, 1.807) is 26.0 Å². The van der Waals surface area contributed by atoms with Gasteiger partial charge in [-0.15, -0.1) is 0 Å². The molecular weight excluding hydrogens is 356 g/mol. The zero-order valence-electron chi connectivity index (χ0n) is 16.3. The highest BCUT2D eigenvalue weighted by Crippen LogP contribution is 2.30. The summed E-state index contributed by atoms with van der Waals surface area (Å²) in [6, 6.07) is 18.4. The molecule has 0 aliphatic carbocycles. The third-order valence-electron chi connectivity index (χ3n) is 4.46. The predicted octanol–water partition coefficient (Wildman–Crippen LogP) is 4.18. The molecule has 0 bridgehead atoms. The first kappa shape index (κ1) is 21.4. The number of carbonyl (C=O) groups excluding carboxylic acids is 3. The highest BCUT2D eigenvalue weighted by molar-refractivity contribution is 5.97. The average molecular weight is 382 g/mol. The molecule has 0 spiro atoms. The summed E-state index contributed by atoms with van der Waals surface area (Å²) in [5.41, 5.74) is 1.50. The number of hydrogen-bond acceptors (Lipinski definition) is 5. The summed E-state index contributed by atoms with van der Waals surface area (Å²) in [7, 11) is 0. The normalized spacial score (nSPS) is 11.7. The van der Waals surface area contributed by atoms with E-state index < -0.39 is 17.9 Å². The molecule has 0 heterocycles. The number of Topliss-reactive ketones (excluding diaryl/α,β-unsaturated/α-hetero) is 1. The first-order valence-corrected chi connectivity index (χ1v) is 9.53. The quantitative estimate of drug-likeness (QED) is 0.350. The smallest absolute Gasteiger partial charge is 0.320 e. The maximum absolute atomic E-state index is 12.8. The number of esters is 2. The lowest BCUT2D eigenvalue weighted by molar-refractivity contribution is -0.162. The van der Waals surface area contributed by atoms with Gasteiger partial charge in [0.05, 0.1) is 13.2 Å². The van der Waals surface area contributed by atoms with Crippen LogP contribution in [0.25, 0.3) is 0 Å². The third-order valence-corrected chi connectivity index (χ3v) is 4.46. The molecule has 5 nitrogen and oxygen atoms in total. The molecule has 0 saturated carbocycles. The van der Waals surface area contributed by atoms with Gasteiger partial charge in [-0.2, -0.15) is 0 Å². The Morgan fingerprint density at radius 2 is 1.29 bits per heavy atom. The number of rotatable bonds is 10. The highest BCUT2D eigenvalue weighted by Gasteiger charge is 2.33. The summed E-state index contributed by atoms with van der Waals surface area (Å²) in [5.74, 6) is -2.65. The fraction of sp³-hybridized carbons (Fsp3) is 0.348. The zero-order valence-corrected chi connectivity index (χ0v) is 16.3. The molecule has 2 aromatic carbocycles. The lowest BCUT2D eigenvalue weighted by Crippen LogP contribution is -2.30. The Morgan fingerprint density at radius 1 is 0.786 bits per heavy atom. The maximum atomic E-state index is 12.8. The molecule has 28 heavy (non-hydrogen) atoms. The van der Waals surface area contributed by atoms with Gasteiger partial charge >= 0.3 is 11.9 Å². The standard InChI is InChI=1S/C23H26O5/c1-3-27-22(25)20(23(26)28-4-2)15-19(17-11-7-5-8-12-17)16-21(24)18-13-9-6-10-14-18/h5-14,19-20H,3-4,15-16H2,1-2H3. The Bertz CT molecular complexity index is 752. The van der Waals surface area contributed by atoms with E-state index >= 15 is 0 Å². The lowest BCUT2D eigenvalue weighted by Gasteiger charge is -2.21. The van der Waals surface area contributed by atoms with Crippen molar-refractivity contribution in [1.29, 1.82) is 0 Å². The van der Waals surface area contributed by atoms with Gasteiger partial charge in [-0.05, 0) is 31.7 Å². The van der Waals surface area contributed by atoms with Crippen LogP contribution < -0.4 is 0 Å². The van der Waals surface area contributed by atoms with Crippen LogP contribution in [0.5, 0.6) is 0 Å². The van der Waals surface area contributed by atoms with Crippen molar-refractivity contribution in [3.63, 3.8) is 0 Å². The number of carbonyl (C=O) groups is 3. The van der Waals surface area contributed by atoms with Crippen molar-refractivity contribution in [3.8, 4) is 0 Å². The van der Waals surface area contributed by atoms with Crippen molar-refractivity contribution in [2.75, 3.05) is 13.2 Å².